The van der Waals surface area contributed by atoms with Crippen LogP contribution in [-0.4, -0.2) is 12.3 Å². The smallest absolute Gasteiger partial charge is 0.0406 e. The van der Waals surface area contributed by atoms with Gasteiger partial charge < -0.3 is 5.73 Å². The first kappa shape index (κ1) is 11.9. The molecular weight excluding hydrogens is 214 g/mol. The quantitative estimate of drug-likeness (QED) is 0.596. The summed E-state index contributed by atoms with van der Waals surface area (Å²) in [5.74, 6) is 1.17. The summed E-state index contributed by atoms with van der Waals surface area (Å²) < 4.78 is 0. The highest BCUT2D eigenvalue weighted by atomic mass is 35.5. The van der Waals surface area contributed by atoms with Gasteiger partial charge in [0.15, 0.2) is 0 Å². The Balaban J connectivity index is 2.15. The average molecular weight is 230 g/mol. The molecule has 1 nitrogen and oxygen atoms in total. The average Bonchev–Trinajstić information content (AvgIpc) is 2.21. The molecule has 0 amide bonds. The Morgan fingerprint density at radius 1 is 1.07 bits per heavy atom. The molecule has 0 radical (unpaired) electrons. The summed E-state index contributed by atoms with van der Waals surface area (Å²) in [6.45, 7) is 0.811. The van der Waals surface area contributed by atoms with Crippen molar-refractivity contribution in [2.45, 2.75) is 24.2 Å². The predicted octanol–water partition coefficient (Wildman–Crippen LogP) is 3.56. The Labute approximate surface area is 95.0 Å². The van der Waals surface area contributed by atoms with Crippen molar-refractivity contribution < 1.29 is 0 Å². The summed E-state index contributed by atoms with van der Waals surface area (Å²) in [5.41, 5.74) is 5.42. The van der Waals surface area contributed by atoms with Crippen LogP contribution in [0.25, 0.3) is 0 Å². The Morgan fingerprint density at radius 3 is 2.43 bits per heavy atom. The fraction of sp³-hybridized carbons (Fsp3) is 0.455. The minimum Gasteiger partial charge on any atom is -0.330 e. The number of unbranched alkanes of at least 4 members (excludes halogenated alkanes) is 2. The first-order valence-corrected chi connectivity index (χ1v) is 6.27. The lowest BCUT2D eigenvalue weighted by molar-refractivity contribution is 0.732. The Bertz CT molecular complexity index is 248. The van der Waals surface area contributed by atoms with Crippen molar-refractivity contribution in [2.24, 2.45) is 5.73 Å². The van der Waals surface area contributed by atoms with E-state index in [0.29, 0.717) is 0 Å². The standard InChI is InChI=1S/C11H16ClNS/c12-10-4-6-11(7-5-10)14-9-3-1-2-8-13/h4-7H,1-3,8-9,13H2. The highest BCUT2D eigenvalue weighted by molar-refractivity contribution is 7.99. The van der Waals surface area contributed by atoms with Crippen LogP contribution in [0.2, 0.25) is 5.02 Å². The first-order valence-electron chi connectivity index (χ1n) is 4.91. The monoisotopic (exact) mass is 229 g/mol. The first-order chi connectivity index (χ1) is 6.83. The van der Waals surface area contributed by atoms with E-state index in [2.05, 4.69) is 12.1 Å². The zero-order valence-electron chi connectivity index (χ0n) is 8.21. The van der Waals surface area contributed by atoms with Gasteiger partial charge in [-0.1, -0.05) is 18.0 Å². The molecule has 0 bridgehead atoms. The van der Waals surface area contributed by atoms with Crippen LogP contribution in [-0.2, 0) is 0 Å². The van der Waals surface area contributed by atoms with Crippen LogP contribution >= 0.6 is 23.4 Å². The fourth-order valence-electron chi connectivity index (χ4n) is 1.14. The molecule has 0 fully saturated rings. The second-order valence-corrected chi connectivity index (χ2v) is 4.76. The number of thioether (sulfide) groups is 1. The van der Waals surface area contributed by atoms with Crippen LogP contribution < -0.4 is 5.73 Å². The molecule has 0 aliphatic carbocycles. The molecule has 78 valence electrons. The Kier molecular flexibility index (Phi) is 6.08. The van der Waals surface area contributed by atoms with Crippen LogP contribution in [0.1, 0.15) is 19.3 Å². The van der Waals surface area contributed by atoms with E-state index in [1.54, 1.807) is 0 Å². The van der Waals surface area contributed by atoms with Crippen LogP contribution in [0.3, 0.4) is 0 Å². The van der Waals surface area contributed by atoms with Crippen molar-refractivity contribution >= 4 is 23.4 Å². The minimum absolute atomic E-state index is 0.803. The van der Waals surface area contributed by atoms with E-state index in [9.17, 15) is 0 Å². The summed E-state index contributed by atoms with van der Waals surface area (Å²) in [6.07, 6.45) is 3.61. The van der Waals surface area contributed by atoms with E-state index in [0.717, 1.165) is 18.0 Å². The zero-order chi connectivity index (χ0) is 10.2. The van der Waals surface area contributed by atoms with Gasteiger partial charge in [-0.15, -0.1) is 11.8 Å². The highest BCUT2D eigenvalue weighted by Gasteiger charge is 1.94. The summed E-state index contributed by atoms with van der Waals surface area (Å²) >= 11 is 7.67. The van der Waals surface area contributed by atoms with Gasteiger partial charge in [0.05, 0.1) is 0 Å². The Hall–Kier alpha value is -0.180. The lowest BCUT2D eigenvalue weighted by atomic mass is 10.2. The number of nitrogens with two attached hydrogens (primary N) is 1. The van der Waals surface area contributed by atoms with Gasteiger partial charge in [0.1, 0.15) is 0 Å². The maximum absolute atomic E-state index is 5.79. The van der Waals surface area contributed by atoms with Crippen LogP contribution in [0, 0.1) is 0 Å². The van der Waals surface area contributed by atoms with Gasteiger partial charge in [-0.05, 0) is 49.4 Å². The molecule has 0 aliphatic rings. The number of halogens is 1. The number of hydrogen-bond acceptors (Lipinski definition) is 2. The molecule has 2 N–H and O–H groups in total. The molecule has 0 aromatic heterocycles. The molecule has 1 rings (SSSR count). The highest BCUT2D eigenvalue weighted by Crippen LogP contribution is 2.21. The lowest BCUT2D eigenvalue weighted by Crippen LogP contribution is -1.97. The SMILES string of the molecule is NCCCCCSc1ccc(Cl)cc1. The Morgan fingerprint density at radius 2 is 1.79 bits per heavy atom. The van der Waals surface area contributed by atoms with E-state index in [4.69, 9.17) is 17.3 Å². The molecule has 0 atom stereocenters. The maximum Gasteiger partial charge on any atom is 0.0406 e. The van der Waals surface area contributed by atoms with E-state index in [1.807, 2.05) is 23.9 Å². The van der Waals surface area contributed by atoms with Crippen molar-refractivity contribution in [3.63, 3.8) is 0 Å². The molecule has 0 heterocycles. The third-order valence-corrected chi connectivity index (χ3v) is 3.28. The second-order valence-electron chi connectivity index (χ2n) is 3.15. The third kappa shape index (κ3) is 4.89. The number of rotatable bonds is 6. The topological polar surface area (TPSA) is 26.0 Å². The summed E-state index contributed by atoms with van der Waals surface area (Å²) in [5, 5.41) is 0.803. The third-order valence-electron chi connectivity index (χ3n) is 1.93. The fourth-order valence-corrected chi connectivity index (χ4v) is 2.18. The second kappa shape index (κ2) is 7.16. The van der Waals surface area contributed by atoms with Crippen molar-refractivity contribution in [1.29, 1.82) is 0 Å². The number of benzene rings is 1. The summed E-state index contributed by atoms with van der Waals surface area (Å²) in [6, 6.07) is 8.00. The minimum atomic E-state index is 0.803. The van der Waals surface area contributed by atoms with Crippen molar-refractivity contribution in [3.05, 3.63) is 29.3 Å². The van der Waals surface area contributed by atoms with Gasteiger partial charge in [0, 0.05) is 9.92 Å². The van der Waals surface area contributed by atoms with Crippen molar-refractivity contribution in [1.82, 2.24) is 0 Å². The molecule has 14 heavy (non-hydrogen) atoms. The van der Waals surface area contributed by atoms with E-state index in [1.165, 1.54) is 23.5 Å². The van der Waals surface area contributed by atoms with E-state index < -0.39 is 0 Å². The normalized spacial score (nSPS) is 10.4. The van der Waals surface area contributed by atoms with Gasteiger partial charge in [0.25, 0.3) is 0 Å². The molecule has 1 aromatic carbocycles. The number of hydrogen-bond donors (Lipinski definition) is 1. The van der Waals surface area contributed by atoms with Crippen molar-refractivity contribution in [3.8, 4) is 0 Å². The lowest BCUT2D eigenvalue weighted by Gasteiger charge is -2.01. The largest absolute Gasteiger partial charge is 0.330 e. The van der Waals surface area contributed by atoms with Crippen molar-refractivity contribution in [2.75, 3.05) is 12.3 Å². The van der Waals surface area contributed by atoms with Gasteiger partial charge in [-0.3, -0.25) is 0 Å². The molecule has 1 aromatic rings. The van der Waals surface area contributed by atoms with Crippen LogP contribution in [0.5, 0.6) is 0 Å². The zero-order valence-corrected chi connectivity index (χ0v) is 9.78. The van der Waals surface area contributed by atoms with E-state index >= 15 is 0 Å². The van der Waals surface area contributed by atoms with Crippen LogP contribution in [0.15, 0.2) is 29.2 Å². The predicted molar refractivity (Wildman–Crippen MR) is 65.1 cm³/mol. The maximum atomic E-state index is 5.79. The van der Waals surface area contributed by atoms with Gasteiger partial charge >= 0.3 is 0 Å². The molecule has 0 saturated heterocycles. The van der Waals surface area contributed by atoms with Gasteiger partial charge in [0.2, 0.25) is 0 Å². The van der Waals surface area contributed by atoms with Gasteiger partial charge in [-0.2, -0.15) is 0 Å². The molecular formula is C11H16ClNS. The van der Waals surface area contributed by atoms with Gasteiger partial charge in [-0.25, -0.2) is 0 Å². The molecule has 0 unspecified atom stereocenters. The van der Waals surface area contributed by atoms with E-state index in [-0.39, 0.29) is 0 Å². The van der Waals surface area contributed by atoms with Crippen LogP contribution in [0.4, 0.5) is 0 Å². The molecule has 0 aliphatic heterocycles. The summed E-state index contributed by atoms with van der Waals surface area (Å²) in [4.78, 5) is 1.29. The molecule has 0 saturated carbocycles. The molecule has 3 heteroatoms. The summed E-state index contributed by atoms with van der Waals surface area (Å²) in [7, 11) is 0. The molecule has 0 spiro atoms.